The molecule has 10 nitrogen and oxygen atoms in total. The lowest BCUT2D eigenvalue weighted by molar-refractivity contribution is -0.384. The summed E-state index contributed by atoms with van der Waals surface area (Å²) in [4.78, 5) is 33.4. The van der Waals surface area contributed by atoms with Gasteiger partial charge >= 0.3 is 0 Å². The number of hydrogen-bond donors (Lipinski definition) is 0. The minimum Gasteiger partial charge on any atom is -0.343 e. The van der Waals surface area contributed by atoms with E-state index < -0.39 is 4.92 Å². The Hall–Kier alpha value is -4.08. The lowest BCUT2D eigenvalue weighted by Crippen LogP contribution is -2.45. The van der Waals surface area contributed by atoms with E-state index in [1.165, 1.54) is 6.07 Å². The van der Waals surface area contributed by atoms with Gasteiger partial charge in [-0.05, 0) is 44.9 Å². The highest BCUT2D eigenvalue weighted by Crippen LogP contribution is 2.34. The van der Waals surface area contributed by atoms with E-state index in [0.717, 1.165) is 30.3 Å². The molecule has 0 bridgehead atoms. The van der Waals surface area contributed by atoms with Crippen molar-refractivity contribution in [2.75, 3.05) is 31.1 Å². The van der Waals surface area contributed by atoms with Gasteiger partial charge in [0.25, 0.3) is 5.69 Å². The van der Waals surface area contributed by atoms with Gasteiger partial charge in [0, 0.05) is 37.6 Å². The summed E-state index contributed by atoms with van der Waals surface area (Å²) in [6.07, 6.45) is 1.67. The van der Waals surface area contributed by atoms with Crippen molar-refractivity contribution in [2.24, 2.45) is 5.92 Å². The molecule has 0 unspecified atom stereocenters. The number of nitro groups is 1. The van der Waals surface area contributed by atoms with Gasteiger partial charge in [0.1, 0.15) is 0 Å². The van der Waals surface area contributed by atoms with Crippen LogP contribution in [-0.2, 0) is 4.79 Å². The number of benzene rings is 2. The van der Waals surface area contributed by atoms with E-state index >= 15 is 0 Å². The molecule has 3 heterocycles. The second-order valence-corrected chi connectivity index (χ2v) is 8.68. The van der Waals surface area contributed by atoms with Crippen molar-refractivity contribution in [1.29, 1.82) is 0 Å². The standard InChI is InChI=1S/C25H27N7O3/c1-3-29(4-2)24(33)17-10-9-15-30(16-17)25-26-20-13-7-5-11-18(20)22-27-28-23(31(22)25)19-12-6-8-14-21(19)32(34)35/h5-8,11-14,17H,3-4,9-10,15-16H2,1-2H3/t17-/m0/s1. The Bertz CT molecular complexity index is 1410. The molecule has 180 valence electrons. The van der Waals surface area contributed by atoms with E-state index in [2.05, 4.69) is 15.1 Å². The topological polar surface area (TPSA) is 110 Å². The molecule has 0 saturated carbocycles. The fourth-order valence-electron chi connectivity index (χ4n) is 4.93. The molecule has 1 atom stereocenters. The van der Waals surface area contributed by atoms with Crippen molar-refractivity contribution in [3.63, 3.8) is 0 Å². The molecule has 1 fully saturated rings. The molecule has 0 N–H and O–H groups in total. The number of aromatic nitrogens is 4. The van der Waals surface area contributed by atoms with Gasteiger partial charge in [0.15, 0.2) is 11.5 Å². The van der Waals surface area contributed by atoms with Crippen LogP contribution in [0.5, 0.6) is 0 Å². The molecule has 2 aromatic heterocycles. The van der Waals surface area contributed by atoms with Gasteiger partial charge in [-0.1, -0.05) is 24.3 Å². The van der Waals surface area contributed by atoms with Crippen molar-refractivity contribution in [1.82, 2.24) is 24.5 Å². The number of nitro benzene ring substituents is 1. The first-order valence-corrected chi connectivity index (χ1v) is 11.9. The third-order valence-corrected chi connectivity index (χ3v) is 6.70. The maximum absolute atomic E-state index is 13.1. The third kappa shape index (κ3) is 3.94. The molecule has 4 aromatic rings. The molecular formula is C25H27N7O3. The van der Waals surface area contributed by atoms with E-state index in [0.29, 0.717) is 42.6 Å². The summed E-state index contributed by atoms with van der Waals surface area (Å²) in [5.41, 5.74) is 1.66. The molecular weight excluding hydrogens is 446 g/mol. The Morgan fingerprint density at radius 2 is 1.86 bits per heavy atom. The SMILES string of the molecule is CCN(CC)C(=O)[C@H]1CCCN(c2nc3ccccc3c3nnc(-c4ccccc4[N+](=O)[O-])n23)C1. The second kappa shape index (κ2) is 9.28. The number of anilines is 1. The molecule has 35 heavy (non-hydrogen) atoms. The summed E-state index contributed by atoms with van der Waals surface area (Å²) < 4.78 is 1.80. The number of carbonyl (C=O) groups is 1. The summed E-state index contributed by atoms with van der Waals surface area (Å²) in [5, 5.41) is 21.4. The zero-order valence-corrected chi connectivity index (χ0v) is 19.8. The van der Waals surface area contributed by atoms with E-state index in [1.807, 2.05) is 43.0 Å². The highest BCUT2D eigenvalue weighted by molar-refractivity contribution is 5.93. The van der Waals surface area contributed by atoms with Crippen LogP contribution in [0.2, 0.25) is 0 Å². The Morgan fingerprint density at radius 3 is 2.63 bits per heavy atom. The summed E-state index contributed by atoms with van der Waals surface area (Å²) >= 11 is 0. The first kappa shape index (κ1) is 22.7. The van der Waals surface area contributed by atoms with Crippen LogP contribution in [-0.4, -0.2) is 61.5 Å². The Kier molecular flexibility index (Phi) is 6.02. The van der Waals surface area contributed by atoms with Gasteiger partial charge in [0.05, 0.1) is 21.9 Å². The Balaban J connectivity index is 1.68. The van der Waals surface area contributed by atoms with Gasteiger partial charge in [-0.25, -0.2) is 9.38 Å². The van der Waals surface area contributed by atoms with Gasteiger partial charge in [0.2, 0.25) is 11.9 Å². The van der Waals surface area contributed by atoms with Gasteiger partial charge in [-0.15, -0.1) is 10.2 Å². The number of hydrogen-bond acceptors (Lipinski definition) is 7. The van der Waals surface area contributed by atoms with Crippen LogP contribution >= 0.6 is 0 Å². The van der Waals surface area contributed by atoms with Gasteiger partial charge in [-0.3, -0.25) is 14.9 Å². The number of carbonyl (C=O) groups excluding carboxylic acids is 1. The van der Waals surface area contributed by atoms with Crippen molar-refractivity contribution in [2.45, 2.75) is 26.7 Å². The zero-order valence-electron chi connectivity index (χ0n) is 19.8. The molecule has 1 saturated heterocycles. The number of piperidine rings is 1. The average molecular weight is 474 g/mol. The van der Waals surface area contributed by atoms with Gasteiger partial charge in [-0.2, -0.15) is 0 Å². The third-order valence-electron chi connectivity index (χ3n) is 6.70. The molecule has 5 rings (SSSR count). The van der Waals surface area contributed by atoms with E-state index in [9.17, 15) is 14.9 Å². The molecule has 10 heteroatoms. The Labute approximate surface area is 202 Å². The molecule has 1 amide bonds. The largest absolute Gasteiger partial charge is 0.343 e. The second-order valence-electron chi connectivity index (χ2n) is 8.68. The maximum atomic E-state index is 13.1. The van der Waals surface area contributed by atoms with Crippen molar-refractivity contribution >= 4 is 34.1 Å². The summed E-state index contributed by atoms with van der Waals surface area (Å²) in [7, 11) is 0. The molecule has 1 aliphatic heterocycles. The van der Waals surface area contributed by atoms with Gasteiger partial charge < -0.3 is 9.80 Å². The monoisotopic (exact) mass is 473 g/mol. The lowest BCUT2D eigenvalue weighted by Gasteiger charge is -2.35. The van der Waals surface area contributed by atoms with E-state index in [-0.39, 0.29) is 17.5 Å². The molecule has 0 radical (unpaired) electrons. The fraction of sp³-hybridized carbons (Fsp3) is 0.360. The first-order valence-electron chi connectivity index (χ1n) is 11.9. The average Bonchev–Trinajstić information content (AvgIpc) is 3.34. The minimum atomic E-state index is -0.412. The maximum Gasteiger partial charge on any atom is 0.280 e. The fourth-order valence-corrected chi connectivity index (χ4v) is 4.93. The Morgan fingerprint density at radius 1 is 1.11 bits per heavy atom. The lowest BCUT2D eigenvalue weighted by atomic mass is 9.96. The normalized spacial score (nSPS) is 16.1. The molecule has 1 aliphatic rings. The number of amides is 1. The van der Waals surface area contributed by atoms with Crippen LogP contribution in [0.1, 0.15) is 26.7 Å². The molecule has 0 spiro atoms. The predicted octanol–water partition coefficient (Wildman–Crippen LogP) is 3.94. The highest BCUT2D eigenvalue weighted by atomic mass is 16.6. The number of fused-ring (bicyclic) bond motifs is 3. The van der Waals surface area contributed by atoms with Crippen LogP contribution < -0.4 is 4.90 Å². The predicted molar refractivity (Wildman–Crippen MR) is 133 cm³/mol. The minimum absolute atomic E-state index is 0.0471. The van der Waals surface area contributed by atoms with Crippen LogP contribution in [0, 0.1) is 16.0 Å². The van der Waals surface area contributed by atoms with Crippen molar-refractivity contribution < 1.29 is 9.72 Å². The van der Waals surface area contributed by atoms with Crippen LogP contribution in [0.25, 0.3) is 27.9 Å². The van der Waals surface area contributed by atoms with Crippen LogP contribution in [0.4, 0.5) is 11.6 Å². The number of nitrogens with zero attached hydrogens (tertiary/aromatic N) is 7. The van der Waals surface area contributed by atoms with Crippen molar-refractivity contribution in [3.05, 3.63) is 58.6 Å². The summed E-state index contributed by atoms with van der Waals surface area (Å²) in [6.45, 7) is 6.58. The summed E-state index contributed by atoms with van der Waals surface area (Å²) in [5.74, 6) is 0.962. The zero-order chi connectivity index (χ0) is 24.5. The van der Waals surface area contributed by atoms with Crippen LogP contribution in [0.3, 0.4) is 0 Å². The smallest absolute Gasteiger partial charge is 0.280 e. The quantitative estimate of drug-likeness (QED) is 0.308. The van der Waals surface area contributed by atoms with E-state index in [1.54, 1.807) is 22.6 Å². The number of para-hydroxylation sites is 2. The van der Waals surface area contributed by atoms with Crippen molar-refractivity contribution in [3.8, 4) is 11.4 Å². The number of rotatable bonds is 6. The summed E-state index contributed by atoms with van der Waals surface area (Å²) in [6, 6.07) is 14.2. The molecule has 0 aliphatic carbocycles. The highest BCUT2D eigenvalue weighted by Gasteiger charge is 2.31. The molecule has 2 aromatic carbocycles. The van der Waals surface area contributed by atoms with E-state index in [4.69, 9.17) is 4.98 Å². The first-order chi connectivity index (χ1) is 17.0. The van der Waals surface area contributed by atoms with Crippen LogP contribution in [0.15, 0.2) is 48.5 Å².